The molecule has 10 heteroatoms. The SMILES string of the molecule is COCCN1CCOC(O[C@H]2CC[C@]34C[C@]35CC[C@]3(C)C6C(O[C@@H]([C@H](OC(C)=O)C(C)(C)O)C[C@H]6C)[C@H](O)[C@@]3(C)[C@@H]5CC[C@H]4C2(C)C)C1.Cl. The Hall–Kier alpha value is -0.520. The standard InChI is InChI=1S/C39H65NO8.ClH/c1-23-20-25(33(35(5,6)43)46-24(2)41)47-31-30(23)36(7)14-15-39-22-38(39)13-12-28(48-29-21-40(16-18-44-9)17-19-45-29)34(3,4)26(38)10-11-27(39)37(36,8)32(31)42;/h23,25-33,42-43H,10-22H2,1-9H3;1H/t23-,25-,26+,27+,28+,29?,30?,31?,32+,33+,36-,37-,38-,39+;/m1./s1. The van der Waals surface area contributed by atoms with Crippen molar-refractivity contribution in [2.24, 2.45) is 50.7 Å². The van der Waals surface area contributed by atoms with Crippen LogP contribution in [0.2, 0.25) is 0 Å². The quantitative estimate of drug-likeness (QED) is 0.311. The molecule has 0 aromatic carbocycles. The minimum atomic E-state index is -1.25. The lowest BCUT2D eigenvalue weighted by molar-refractivity contribution is -0.249. The number of ether oxygens (including phenoxy) is 5. The van der Waals surface area contributed by atoms with E-state index in [1.807, 2.05) is 0 Å². The number of esters is 1. The number of hydrogen-bond donors (Lipinski definition) is 2. The molecule has 2 heterocycles. The Morgan fingerprint density at radius 2 is 1.76 bits per heavy atom. The highest BCUT2D eigenvalue weighted by Crippen LogP contribution is 2.89. The first kappa shape index (κ1) is 38.2. The van der Waals surface area contributed by atoms with Crippen molar-refractivity contribution in [3.63, 3.8) is 0 Å². The number of methoxy groups -OCH3 is 1. The number of carbonyl (C=O) groups excluding carboxylic acids is 1. The van der Waals surface area contributed by atoms with Crippen LogP contribution < -0.4 is 0 Å². The van der Waals surface area contributed by atoms with Gasteiger partial charge in [0, 0.05) is 39.1 Å². The maximum Gasteiger partial charge on any atom is 0.303 e. The fourth-order valence-electron chi connectivity index (χ4n) is 14.0. The lowest BCUT2D eigenvalue weighted by Crippen LogP contribution is -2.60. The lowest BCUT2D eigenvalue weighted by Gasteiger charge is -2.64. The molecule has 5 saturated carbocycles. The summed E-state index contributed by atoms with van der Waals surface area (Å²) in [6.07, 6.45) is 6.68. The summed E-state index contributed by atoms with van der Waals surface area (Å²) in [6, 6.07) is 0. The summed E-state index contributed by atoms with van der Waals surface area (Å²) in [5, 5.41) is 23.6. The predicted octanol–water partition coefficient (Wildman–Crippen LogP) is 5.61. The van der Waals surface area contributed by atoms with Crippen molar-refractivity contribution in [3.05, 3.63) is 0 Å². The molecule has 2 aliphatic heterocycles. The van der Waals surface area contributed by atoms with Gasteiger partial charge in [0.1, 0.15) is 0 Å². The number of nitrogens with zero attached hydrogens (tertiary/aromatic N) is 1. The maximum atomic E-state index is 12.6. The fourth-order valence-corrected chi connectivity index (χ4v) is 14.0. The van der Waals surface area contributed by atoms with Crippen molar-refractivity contribution in [1.82, 2.24) is 4.90 Å². The fraction of sp³-hybridized carbons (Fsp3) is 0.974. The van der Waals surface area contributed by atoms with E-state index in [2.05, 4.69) is 39.5 Å². The van der Waals surface area contributed by atoms with Crippen LogP contribution in [-0.2, 0) is 28.5 Å². The Bertz CT molecular complexity index is 1240. The smallest absolute Gasteiger partial charge is 0.303 e. The van der Waals surface area contributed by atoms with E-state index in [4.69, 9.17) is 23.7 Å². The summed E-state index contributed by atoms with van der Waals surface area (Å²) in [4.78, 5) is 14.5. The zero-order valence-corrected chi connectivity index (χ0v) is 32.5. The van der Waals surface area contributed by atoms with Gasteiger partial charge in [0.2, 0.25) is 0 Å². The van der Waals surface area contributed by atoms with Crippen LogP contribution in [0.25, 0.3) is 0 Å². The van der Waals surface area contributed by atoms with E-state index < -0.39 is 29.9 Å². The van der Waals surface area contributed by atoms with Gasteiger partial charge in [-0.05, 0) is 111 Å². The van der Waals surface area contributed by atoms with E-state index in [0.29, 0.717) is 30.3 Å². The van der Waals surface area contributed by atoms with Gasteiger partial charge in [-0.15, -0.1) is 12.4 Å². The summed E-state index contributed by atoms with van der Waals surface area (Å²) in [6.45, 7) is 20.9. The summed E-state index contributed by atoms with van der Waals surface area (Å²) in [5.74, 6) is 1.11. The number of halogens is 1. The molecule has 0 radical (unpaired) electrons. The Morgan fingerprint density at radius 1 is 1.06 bits per heavy atom. The van der Waals surface area contributed by atoms with Gasteiger partial charge in [0.15, 0.2) is 12.4 Å². The highest BCUT2D eigenvalue weighted by molar-refractivity contribution is 5.85. The molecule has 7 rings (SSSR count). The van der Waals surface area contributed by atoms with E-state index in [-0.39, 0.29) is 64.4 Å². The zero-order chi connectivity index (χ0) is 34.7. The molecule has 7 aliphatic rings. The van der Waals surface area contributed by atoms with Crippen LogP contribution in [0.5, 0.6) is 0 Å². The van der Waals surface area contributed by atoms with Gasteiger partial charge in [-0.1, -0.05) is 34.6 Å². The second-order valence-corrected chi connectivity index (χ2v) is 19.0. The van der Waals surface area contributed by atoms with Gasteiger partial charge in [-0.25, -0.2) is 0 Å². The van der Waals surface area contributed by atoms with Crippen molar-refractivity contribution in [1.29, 1.82) is 0 Å². The molecule has 0 bridgehead atoms. The molecule has 14 atom stereocenters. The Kier molecular flexibility index (Phi) is 9.99. The van der Waals surface area contributed by atoms with E-state index in [9.17, 15) is 15.0 Å². The first-order valence-corrected chi connectivity index (χ1v) is 19.2. The van der Waals surface area contributed by atoms with Crippen LogP contribution in [0.3, 0.4) is 0 Å². The van der Waals surface area contributed by atoms with Crippen molar-refractivity contribution >= 4 is 18.4 Å². The third kappa shape index (κ3) is 5.51. The van der Waals surface area contributed by atoms with Crippen LogP contribution in [0.15, 0.2) is 0 Å². The molecular weight excluding hydrogens is 646 g/mol. The largest absolute Gasteiger partial charge is 0.457 e. The third-order valence-corrected chi connectivity index (χ3v) is 16.1. The van der Waals surface area contributed by atoms with E-state index in [1.165, 1.54) is 32.6 Å². The van der Waals surface area contributed by atoms with E-state index >= 15 is 0 Å². The molecule has 2 N–H and O–H groups in total. The average Bonchev–Trinajstić information content (AvgIpc) is 3.64. The van der Waals surface area contributed by atoms with Crippen molar-refractivity contribution < 1.29 is 38.7 Å². The second-order valence-electron chi connectivity index (χ2n) is 19.0. The molecule has 0 aromatic rings. The molecule has 49 heavy (non-hydrogen) atoms. The highest BCUT2D eigenvalue weighted by Gasteiger charge is 2.84. The average molecular weight is 712 g/mol. The number of carbonyl (C=O) groups is 1. The molecule has 2 saturated heterocycles. The molecule has 7 fully saturated rings. The van der Waals surface area contributed by atoms with Gasteiger partial charge in [0.25, 0.3) is 0 Å². The number of aliphatic hydroxyl groups is 2. The van der Waals surface area contributed by atoms with E-state index in [1.54, 1.807) is 21.0 Å². The van der Waals surface area contributed by atoms with Crippen LogP contribution >= 0.6 is 12.4 Å². The zero-order valence-electron chi connectivity index (χ0n) is 31.7. The Balaban J connectivity index is 0.00000417. The Morgan fingerprint density at radius 3 is 2.43 bits per heavy atom. The van der Waals surface area contributed by atoms with Gasteiger partial charge in [-0.3, -0.25) is 9.69 Å². The topological polar surface area (TPSA) is 107 Å². The van der Waals surface area contributed by atoms with Gasteiger partial charge in [0.05, 0.1) is 43.2 Å². The molecule has 9 nitrogen and oxygen atoms in total. The summed E-state index contributed by atoms with van der Waals surface area (Å²) in [7, 11) is 1.76. The van der Waals surface area contributed by atoms with E-state index in [0.717, 1.165) is 45.5 Å². The van der Waals surface area contributed by atoms with Crippen LogP contribution in [-0.4, -0.2) is 103 Å². The molecule has 282 valence electrons. The van der Waals surface area contributed by atoms with Crippen molar-refractivity contribution in [2.45, 2.75) is 149 Å². The molecular formula is C39H66ClNO8. The Labute approximate surface area is 301 Å². The molecule has 3 unspecified atom stereocenters. The second kappa shape index (κ2) is 12.8. The van der Waals surface area contributed by atoms with Crippen LogP contribution in [0, 0.1) is 50.7 Å². The maximum absolute atomic E-state index is 12.6. The normalized spacial score (nSPS) is 49.2. The number of rotatable bonds is 8. The minimum absolute atomic E-state index is 0. The first-order chi connectivity index (χ1) is 22.5. The number of morpholine rings is 1. The summed E-state index contributed by atoms with van der Waals surface area (Å²) >= 11 is 0. The van der Waals surface area contributed by atoms with Gasteiger partial charge < -0.3 is 33.9 Å². The monoisotopic (exact) mass is 711 g/mol. The van der Waals surface area contributed by atoms with Gasteiger partial charge in [-0.2, -0.15) is 0 Å². The highest BCUT2D eigenvalue weighted by atomic mass is 35.5. The van der Waals surface area contributed by atoms with Crippen molar-refractivity contribution in [2.75, 3.05) is 40.0 Å². The van der Waals surface area contributed by atoms with Crippen LogP contribution in [0.1, 0.15) is 107 Å². The molecule has 0 aromatic heterocycles. The number of hydrogen-bond acceptors (Lipinski definition) is 9. The van der Waals surface area contributed by atoms with Gasteiger partial charge >= 0.3 is 5.97 Å². The summed E-state index contributed by atoms with van der Waals surface area (Å²) in [5.41, 5.74) is -0.966. The molecule has 2 spiro atoms. The molecule has 0 amide bonds. The predicted molar refractivity (Wildman–Crippen MR) is 188 cm³/mol. The summed E-state index contributed by atoms with van der Waals surface area (Å²) < 4.78 is 30.9. The number of fused-ring (bicyclic) bond motifs is 4. The lowest BCUT2D eigenvalue weighted by atomic mass is 9.41. The number of aliphatic hydroxyl groups excluding tert-OH is 1. The van der Waals surface area contributed by atoms with Crippen LogP contribution in [0.4, 0.5) is 0 Å². The van der Waals surface area contributed by atoms with Crippen molar-refractivity contribution in [3.8, 4) is 0 Å². The first-order valence-electron chi connectivity index (χ1n) is 19.2. The third-order valence-electron chi connectivity index (χ3n) is 16.1. The molecule has 5 aliphatic carbocycles. The minimum Gasteiger partial charge on any atom is -0.457 e.